The van der Waals surface area contributed by atoms with Crippen molar-refractivity contribution in [1.29, 1.82) is 0 Å². The number of para-hydroxylation sites is 2. The number of benzene rings is 1. The van der Waals surface area contributed by atoms with Gasteiger partial charge in [0.15, 0.2) is 11.0 Å². The fourth-order valence-corrected chi connectivity index (χ4v) is 5.09. The van der Waals surface area contributed by atoms with E-state index in [1.54, 1.807) is 29.5 Å². The Labute approximate surface area is 168 Å². The van der Waals surface area contributed by atoms with Gasteiger partial charge in [0.05, 0.1) is 21.2 Å². The molecule has 0 radical (unpaired) electrons. The van der Waals surface area contributed by atoms with Gasteiger partial charge < -0.3 is 0 Å². The largest absolute Gasteiger partial charge is 0.320 e. The molecule has 1 unspecified atom stereocenters. The first-order chi connectivity index (χ1) is 13.6. The molecule has 4 aromatic rings. The highest BCUT2D eigenvalue weighted by molar-refractivity contribution is 7.99. The Hall–Kier alpha value is -2.26. The van der Waals surface area contributed by atoms with Crippen LogP contribution in [0, 0.1) is 0 Å². The van der Waals surface area contributed by atoms with Crippen LogP contribution in [0.4, 0.5) is 8.78 Å². The summed E-state index contributed by atoms with van der Waals surface area (Å²) in [5.74, 6) is 1.21. The SMILES string of the molecule is CC(Sc1nnc(-c2cccs2)n1C1CC1)c1nc2ccccc2n1C(F)F. The Morgan fingerprint density at radius 3 is 2.68 bits per heavy atom. The molecule has 144 valence electrons. The second-order valence-electron chi connectivity index (χ2n) is 6.75. The van der Waals surface area contributed by atoms with Crippen LogP contribution in [0.3, 0.4) is 0 Å². The summed E-state index contributed by atoms with van der Waals surface area (Å²) in [5, 5.41) is 11.3. The molecule has 0 bridgehead atoms. The molecule has 0 N–H and O–H groups in total. The number of thioether (sulfide) groups is 1. The topological polar surface area (TPSA) is 48.5 Å². The van der Waals surface area contributed by atoms with Gasteiger partial charge in [-0.15, -0.1) is 21.5 Å². The first kappa shape index (κ1) is 17.8. The second-order valence-corrected chi connectivity index (χ2v) is 9.01. The molecule has 5 nitrogen and oxygen atoms in total. The normalized spacial score (nSPS) is 15.6. The molecule has 1 aliphatic rings. The Kier molecular flexibility index (Phi) is 4.43. The van der Waals surface area contributed by atoms with Crippen LogP contribution in [0.15, 0.2) is 46.9 Å². The smallest absolute Gasteiger partial charge is 0.298 e. The number of hydrogen-bond acceptors (Lipinski definition) is 5. The predicted octanol–water partition coefficient (Wildman–Crippen LogP) is 5.94. The fourth-order valence-electron chi connectivity index (χ4n) is 3.36. The number of halogens is 2. The molecular formula is C19H17F2N5S2. The summed E-state index contributed by atoms with van der Waals surface area (Å²) in [7, 11) is 0. The fraction of sp³-hybridized carbons (Fsp3) is 0.316. The minimum atomic E-state index is -2.64. The Morgan fingerprint density at radius 1 is 1.14 bits per heavy atom. The molecule has 1 aromatic carbocycles. The van der Waals surface area contributed by atoms with Crippen molar-refractivity contribution in [1.82, 2.24) is 24.3 Å². The summed E-state index contributed by atoms with van der Waals surface area (Å²) >= 11 is 3.06. The summed E-state index contributed by atoms with van der Waals surface area (Å²) in [4.78, 5) is 5.55. The first-order valence-electron chi connectivity index (χ1n) is 9.04. The lowest BCUT2D eigenvalue weighted by Crippen LogP contribution is -2.07. The van der Waals surface area contributed by atoms with Crippen molar-refractivity contribution in [3.8, 4) is 10.7 Å². The van der Waals surface area contributed by atoms with Crippen molar-refractivity contribution >= 4 is 34.1 Å². The summed E-state index contributed by atoms with van der Waals surface area (Å²) in [6.45, 7) is -0.755. The van der Waals surface area contributed by atoms with Gasteiger partial charge in [0.25, 0.3) is 0 Å². The average Bonchev–Trinajstić information content (AvgIpc) is 3.11. The van der Waals surface area contributed by atoms with Crippen molar-refractivity contribution in [2.24, 2.45) is 0 Å². The number of rotatable bonds is 6. The average molecular weight is 418 g/mol. The molecule has 28 heavy (non-hydrogen) atoms. The maximum atomic E-state index is 13.8. The van der Waals surface area contributed by atoms with Gasteiger partial charge in [-0.3, -0.25) is 9.13 Å². The third-order valence-electron chi connectivity index (χ3n) is 4.78. The third-order valence-corrected chi connectivity index (χ3v) is 6.70. The zero-order valence-electron chi connectivity index (χ0n) is 15.0. The van der Waals surface area contributed by atoms with E-state index in [0.717, 1.165) is 33.3 Å². The standard InChI is InChI=1S/C19H17F2N5S2/c1-11(16-22-13-5-2-3-6-14(13)26(16)18(20)21)28-19-24-23-17(15-7-4-10-27-15)25(19)12-8-9-12/h2-7,10-12,18H,8-9H2,1H3. The molecule has 5 rings (SSSR count). The lowest BCUT2D eigenvalue weighted by Gasteiger charge is -2.14. The molecule has 3 heterocycles. The van der Waals surface area contributed by atoms with Crippen LogP contribution in [0.25, 0.3) is 21.7 Å². The summed E-state index contributed by atoms with van der Waals surface area (Å²) in [5.41, 5.74) is 1.02. The van der Waals surface area contributed by atoms with Crippen LogP contribution < -0.4 is 0 Å². The zero-order chi connectivity index (χ0) is 19.3. The van der Waals surface area contributed by atoms with Gasteiger partial charge in [-0.05, 0) is 43.3 Å². The third kappa shape index (κ3) is 3.02. The van der Waals surface area contributed by atoms with Crippen LogP contribution in [-0.4, -0.2) is 24.3 Å². The van der Waals surface area contributed by atoms with E-state index in [4.69, 9.17) is 0 Å². The molecule has 0 amide bonds. The number of fused-ring (bicyclic) bond motifs is 1. The van der Waals surface area contributed by atoms with Crippen LogP contribution in [-0.2, 0) is 0 Å². The molecule has 1 aliphatic carbocycles. The molecule has 1 saturated carbocycles. The van der Waals surface area contributed by atoms with Crippen molar-refractivity contribution in [3.05, 3.63) is 47.6 Å². The summed E-state index contributed by atoms with van der Waals surface area (Å²) in [6.07, 6.45) is 2.18. The number of hydrogen-bond donors (Lipinski definition) is 0. The van der Waals surface area contributed by atoms with E-state index < -0.39 is 6.55 Å². The van der Waals surface area contributed by atoms with Gasteiger partial charge in [0.2, 0.25) is 0 Å². The second kappa shape index (κ2) is 6.97. The minimum Gasteiger partial charge on any atom is -0.298 e. The molecule has 0 aliphatic heterocycles. The van der Waals surface area contributed by atoms with Crippen molar-refractivity contribution in [2.45, 2.75) is 42.8 Å². The lowest BCUT2D eigenvalue weighted by atomic mass is 10.3. The highest BCUT2D eigenvalue weighted by Gasteiger charge is 2.32. The highest BCUT2D eigenvalue weighted by Crippen LogP contribution is 2.45. The van der Waals surface area contributed by atoms with E-state index in [0.29, 0.717) is 22.9 Å². The molecule has 0 spiro atoms. The summed E-state index contributed by atoms with van der Waals surface area (Å²) in [6, 6.07) is 11.4. The van der Waals surface area contributed by atoms with Gasteiger partial charge in [-0.25, -0.2) is 4.98 Å². The van der Waals surface area contributed by atoms with Gasteiger partial charge in [0.1, 0.15) is 5.82 Å². The number of thiophene rings is 1. The van der Waals surface area contributed by atoms with Crippen molar-refractivity contribution in [3.63, 3.8) is 0 Å². The van der Waals surface area contributed by atoms with Gasteiger partial charge in [-0.2, -0.15) is 8.78 Å². The van der Waals surface area contributed by atoms with Crippen molar-refractivity contribution < 1.29 is 8.78 Å². The Bertz CT molecular complexity index is 1110. The minimum absolute atomic E-state index is 0.292. The number of alkyl halides is 2. The number of imidazole rings is 1. The van der Waals surface area contributed by atoms with Gasteiger partial charge in [0, 0.05) is 6.04 Å². The van der Waals surface area contributed by atoms with E-state index in [1.807, 2.05) is 30.5 Å². The van der Waals surface area contributed by atoms with Crippen LogP contribution in [0.5, 0.6) is 0 Å². The zero-order valence-corrected chi connectivity index (χ0v) is 16.6. The van der Waals surface area contributed by atoms with Gasteiger partial charge in [-0.1, -0.05) is 30.0 Å². The highest BCUT2D eigenvalue weighted by atomic mass is 32.2. The van der Waals surface area contributed by atoms with Crippen molar-refractivity contribution in [2.75, 3.05) is 0 Å². The van der Waals surface area contributed by atoms with Crippen LogP contribution in [0.2, 0.25) is 0 Å². The lowest BCUT2D eigenvalue weighted by molar-refractivity contribution is 0.0715. The molecule has 9 heteroatoms. The maximum Gasteiger partial charge on any atom is 0.320 e. The molecule has 1 atom stereocenters. The summed E-state index contributed by atoms with van der Waals surface area (Å²) < 4.78 is 30.7. The maximum absolute atomic E-state index is 13.8. The van der Waals surface area contributed by atoms with E-state index in [2.05, 4.69) is 19.7 Å². The van der Waals surface area contributed by atoms with Crippen LogP contribution in [0.1, 0.15) is 43.4 Å². The van der Waals surface area contributed by atoms with E-state index in [9.17, 15) is 8.78 Å². The van der Waals surface area contributed by atoms with E-state index in [-0.39, 0.29) is 5.25 Å². The Morgan fingerprint density at radius 2 is 1.96 bits per heavy atom. The molecule has 0 saturated heterocycles. The monoisotopic (exact) mass is 417 g/mol. The number of nitrogens with zero attached hydrogens (tertiary/aromatic N) is 5. The van der Waals surface area contributed by atoms with Gasteiger partial charge >= 0.3 is 6.55 Å². The predicted molar refractivity (Wildman–Crippen MR) is 107 cm³/mol. The van der Waals surface area contributed by atoms with E-state index in [1.165, 1.54) is 11.8 Å². The quantitative estimate of drug-likeness (QED) is 0.364. The first-order valence-corrected chi connectivity index (χ1v) is 10.8. The molecular weight excluding hydrogens is 400 g/mol. The molecule has 3 aromatic heterocycles. The van der Waals surface area contributed by atoms with Crippen LogP contribution >= 0.6 is 23.1 Å². The molecule has 1 fully saturated rings. The Balaban J connectivity index is 1.52. The number of aromatic nitrogens is 5. The van der Waals surface area contributed by atoms with E-state index >= 15 is 0 Å².